The molecule has 0 radical (unpaired) electrons. The number of methoxy groups -OCH3 is 1. The van der Waals surface area contributed by atoms with Crippen molar-refractivity contribution in [3.05, 3.63) is 71.8 Å². The summed E-state index contributed by atoms with van der Waals surface area (Å²) in [6.45, 7) is 2.45. The number of hydrogen-bond acceptors (Lipinski definition) is 4. The standard InChI is InChI=1S/C20H23NO4S/c1-15-8-10-19(11-9-15)26(23,24)21-12-4-6-17(14-21)20(22)16-5-3-7-18(13-16)25-2/h3-11,13,17,20,22H,12,14H2,1-2H3/t17-,20-/m0/s1. The highest BCUT2D eigenvalue weighted by molar-refractivity contribution is 7.89. The third-order valence-electron chi connectivity index (χ3n) is 4.61. The smallest absolute Gasteiger partial charge is 0.243 e. The van der Waals surface area contributed by atoms with Crippen molar-refractivity contribution >= 4 is 10.0 Å². The number of sulfonamides is 1. The van der Waals surface area contributed by atoms with Gasteiger partial charge in [-0.15, -0.1) is 0 Å². The lowest BCUT2D eigenvalue weighted by molar-refractivity contribution is 0.117. The molecule has 2 aromatic carbocycles. The SMILES string of the molecule is COc1cccc([C@H](O)[C@H]2C=CCN(S(=O)(=O)c3ccc(C)cc3)C2)c1. The molecular formula is C20H23NO4S. The molecule has 0 saturated heterocycles. The second kappa shape index (κ2) is 7.61. The second-order valence-corrected chi connectivity index (χ2v) is 8.39. The summed E-state index contributed by atoms with van der Waals surface area (Å²) in [6.07, 6.45) is 2.87. The zero-order valence-electron chi connectivity index (χ0n) is 14.9. The highest BCUT2D eigenvalue weighted by atomic mass is 32.2. The van der Waals surface area contributed by atoms with Crippen LogP contribution in [0.4, 0.5) is 0 Å². The molecule has 0 bridgehead atoms. The number of aliphatic hydroxyl groups is 1. The monoisotopic (exact) mass is 373 g/mol. The number of nitrogens with zero attached hydrogens (tertiary/aromatic N) is 1. The fourth-order valence-electron chi connectivity index (χ4n) is 3.06. The van der Waals surface area contributed by atoms with Crippen molar-refractivity contribution in [3.63, 3.8) is 0 Å². The van der Waals surface area contributed by atoms with Gasteiger partial charge in [0.2, 0.25) is 10.0 Å². The average molecular weight is 373 g/mol. The van der Waals surface area contributed by atoms with Gasteiger partial charge in [0.05, 0.1) is 18.1 Å². The number of benzene rings is 2. The van der Waals surface area contributed by atoms with Crippen LogP contribution in [0.25, 0.3) is 0 Å². The van der Waals surface area contributed by atoms with E-state index in [2.05, 4.69) is 0 Å². The number of ether oxygens (including phenoxy) is 1. The van der Waals surface area contributed by atoms with Crippen molar-refractivity contribution in [1.29, 1.82) is 0 Å². The Balaban J connectivity index is 1.81. The van der Waals surface area contributed by atoms with Crippen LogP contribution in [0.15, 0.2) is 65.6 Å². The Kier molecular flexibility index (Phi) is 5.46. The summed E-state index contributed by atoms with van der Waals surface area (Å²) in [5.74, 6) is 0.335. The van der Waals surface area contributed by atoms with Gasteiger partial charge in [0, 0.05) is 19.0 Å². The third kappa shape index (κ3) is 3.82. The molecule has 138 valence electrons. The molecule has 26 heavy (non-hydrogen) atoms. The summed E-state index contributed by atoms with van der Waals surface area (Å²) in [5, 5.41) is 10.7. The number of hydrogen-bond donors (Lipinski definition) is 1. The van der Waals surface area contributed by atoms with Crippen molar-refractivity contribution in [2.24, 2.45) is 5.92 Å². The Hall–Kier alpha value is -2.15. The van der Waals surface area contributed by atoms with Gasteiger partial charge in [0.1, 0.15) is 5.75 Å². The van der Waals surface area contributed by atoms with Crippen LogP contribution in [-0.2, 0) is 10.0 Å². The number of aryl methyl sites for hydroxylation is 1. The Morgan fingerprint density at radius 3 is 2.62 bits per heavy atom. The minimum atomic E-state index is -3.59. The fourth-order valence-corrected chi connectivity index (χ4v) is 4.49. The van der Waals surface area contributed by atoms with E-state index >= 15 is 0 Å². The Bertz CT molecular complexity index is 890. The van der Waals surface area contributed by atoms with Gasteiger partial charge in [-0.25, -0.2) is 8.42 Å². The highest BCUT2D eigenvalue weighted by Crippen LogP contribution is 2.30. The first-order valence-electron chi connectivity index (χ1n) is 8.47. The molecule has 0 fully saturated rings. The summed E-state index contributed by atoms with van der Waals surface area (Å²) >= 11 is 0. The van der Waals surface area contributed by atoms with E-state index in [-0.39, 0.29) is 17.4 Å². The quantitative estimate of drug-likeness (QED) is 0.819. The fraction of sp³-hybridized carbons (Fsp3) is 0.300. The van der Waals surface area contributed by atoms with Gasteiger partial charge >= 0.3 is 0 Å². The maximum Gasteiger partial charge on any atom is 0.243 e. The van der Waals surface area contributed by atoms with Gasteiger partial charge in [0.15, 0.2) is 0 Å². The topological polar surface area (TPSA) is 66.8 Å². The molecule has 1 heterocycles. The molecule has 0 spiro atoms. The van der Waals surface area contributed by atoms with Crippen molar-refractivity contribution in [1.82, 2.24) is 4.31 Å². The van der Waals surface area contributed by atoms with Crippen LogP contribution in [0.2, 0.25) is 0 Å². The minimum Gasteiger partial charge on any atom is -0.497 e. The Morgan fingerprint density at radius 1 is 1.19 bits per heavy atom. The predicted octanol–water partition coefficient (Wildman–Crippen LogP) is 2.91. The first kappa shape index (κ1) is 18.6. The molecule has 2 atom stereocenters. The third-order valence-corrected chi connectivity index (χ3v) is 6.45. The van der Waals surface area contributed by atoms with E-state index in [0.717, 1.165) is 5.56 Å². The largest absolute Gasteiger partial charge is 0.497 e. The van der Waals surface area contributed by atoms with Crippen molar-refractivity contribution < 1.29 is 18.3 Å². The van der Waals surface area contributed by atoms with Crippen LogP contribution >= 0.6 is 0 Å². The maximum atomic E-state index is 12.9. The first-order valence-corrected chi connectivity index (χ1v) is 9.91. The molecule has 0 aliphatic carbocycles. The molecule has 6 heteroatoms. The molecule has 0 saturated carbocycles. The van der Waals surface area contributed by atoms with Crippen molar-refractivity contribution in [2.45, 2.75) is 17.9 Å². The van der Waals surface area contributed by atoms with Gasteiger partial charge in [0.25, 0.3) is 0 Å². The molecule has 5 nitrogen and oxygen atoms in total. The molecule has 0 unspecified atom stereocenters. The first-order chi connectivity index (χ1) is 12.4. The van der Waals surface area contributed by atoms with Crippen LogP contribution in [0.5, 0.6) is 5.75 Å². The number of rotatable bonds is 5. The highest BCUT2D eigenvalue weighted by Gasteiger charge is 2.31. The zero-order chi connectivity index (χ0) is 18.7. The normalized spacial score (nSPS) is 19.3. The maximum absolute atomic E-state index is 12.9. The van der Waals surface area contributed by atoms with Crippen LogP contribution < -0.4 is 4.74 Å². The van der Waals surface area contributed by atoms with E-state index in [1.807, 2.05) is 25.1 Å². The van der Waals surface area contributed by atoms with Crippen molar-refractivity contribution in [3.8, 4) is 5.75 Å². The molecular weight excluding hydrogens is 350 g/mol. The summed E-state index contributed by atoms with van der Waals surface area (Å²) in [4.78, 5) is 0.271. The average Bonchev–Trinajstić information content (AvgIpc) is 2.68. The number of aliphatic hydroxyl groups excluding tert-OH is 1. The van der Waals surface area contributed by atoms with E-state index in [1.54, 1.807) is 49.6 Å². The van der Waals surface area contributed by atoms with E-state index < -0.39 is 16.1 Å². The van der Waals surface area contributed by atoms with Crippen LogP contribution in [-0.4, -0.2) is 38.0 Å². The summed E-state index contributed by atoms with van der Waals surface area (Å²) in [6, 6.07) is 14.0. The minimum absolute atomic E-state index is 0.227. The molecule has 1 aliphatic heterocycles. The summed E-state index contributed by atoms with van der Waals surface area (Å²) in [5.41, 5.74) is 1.71. The molecule has 0 aromatic heterocycles. The lowest BCUT2D eigenvalue weighted by atomic mass is 9.93. The van der Waals surface area contributed by atoms with Crippen LogP contribution in [0, 0.1) is 12.8 Å². The Labute approximate surface area is 154 Å². The summed E-state index contributed by atoms with van der Waals surface area (Å²) in [7, 11) is -2.02. The van der Waals surface area contributed by atoms with Gasteiger partial charge in [-0.2, -0.15) is 4.31 Å². The van der Waals surface area contributed by atoms with E-state index in [1.165, 1.54) is 4.31 Å². The second-order valence-electron chi connectivity index (χ2n) is 6.45. The molecule has 1 N–H and O–H groups in total. The van der Waals surface area contributed by atoms with E-state index in [0.29, 0.717) is 17.9 Å². The lowest BCUT2D eigenvalue weighted by Crippen LogP contribution is -2.39. The molecule has 1 aliphatic rings. The molecule has 2 aromatic rings. The molecule has 0 amide bonds. The van der Waals surface area contributed by atoms with Gasteiger partial charge in [-0.1, -0.05) is 42.0 Å². The summed E-state index contributed by atoms with van der Waals surface area (Å²) < 4.78 is 32.4. The van der Waals surface area contributed by atoms with Crippen LogP contribution in [0.1, 0.15) is 17.2 Å². The lowest BCUT2D eigenvalue weighted by Gasteiger charge is -2.31. The van der Waals surface area contributed by atoms with Gasteiger partial charge < -0.3 is 9.84 Å². The van der Waals surface area contributed by atoms with Crippen molar-refractivity contribution in [2.75, 3.05) is 20.2 Å². The van der Waals surface area contributed by atoms with Crippen LogP contribution in [0.3, 0.4) is 0 Å². The predicted molar refractivity (Wildman–Crippen MR) is 101 cm³/mol. The Morgan fingerprint density at radius 2 is 1.92 bits per heavy atom. The van der Waals surface area contributed by atoms with Gasteiger partial charge in [-0.05, 0) is 36.8 Å². The molecule has 3 rings (SSSR count). The van der Waals surface area contributed by atoms with E-state index in [9.17, 15) is 13.5 Å². The van der Waals surface area contributed by atoms with Gasteiger partial charge in [-0.3, -0.25) is 0 Å². The van der Waals surface area contributed by atoms with E-state index in [4.69, 9.17) is 4.74 Å². The zero-order valence-corrected chi connectivity index (χ0v) is 15.7.